The number of carboxylic acids is 1. The van der Waals surface area contributed by atoms with Gasteiger partial charge in [0.25, 0.3) is 0 Å². The van der Waals surface area contributed by atoms with Gasteiger partial charge in [0.1, 0.15) is 12.4 Å². The first-order valence-corrected chi connectivity index (χ1v) is 14.6. The number of aliphatic carboxylic acids is 1. The van der Waals surface area contributed by atoms with E-state index < -0.39 is 35.4 Å². The van der Waals surface area contributed by atoms with E-state index in [0.29, 0.717) is 59.6 Å². The highest BCUT2D eigenvalue weighted by Gasteiger charge is 2.33. The van der Waals surface area contributed by atoms with Crippen LogP contribution in [0.3, 0.4) is 0 Å². The fraction of sp³-hybridized carbons (Fsp3) is 0.300. The van der Waals surface area contributed by atoms with Crippen molar-refractivity contribution in [2.24, 2.45) is 5.92 Å². The van der Waals surface area contributed by atoms with E-state index in [4.69, 9.17) is 16.3 Å². The van der Waals surface area contributed by atoms with Crippen molar-refractivity contribution in [1.29, 1.82) is 0 Å². The summed E-state index contributed by atoms with van der Waals surface area (Å²) in [7, 11) is 0. The molecule has 0 unspecified atom stereocenters. The van der Waals surface area contributed by atoms with E-state index in [0.717, 1.165) is 18.2 Å². The second-order valence-electron chi connectivity index (χ2n) is 10.3. The number of halogens is 7. The van der Waals surface area contributed by atoms with Gasteiger partial charge in [0, 0.05) is 35.8 Å². The van der Waals surface area contributed by atoms with Crippen molar-refractivity contribution < 1.29 is 41.0 Å². The summed E-state index contributed by atoms with van der Waals surface area (Å²) in [5.74, 6) is -1.11. The summed E-state index contributed by atoms with van der Waals surface area (Å²) in [6, 6.07) is 8.96. The largest absolute Gasteiger partial charge is 0.488 e. The van der Waals surface area contributed by atoms with Crippen molar-refractivity contribution in [3.8, 4) is 28.3 Å². The molecule has 0 atom stereocenters. The number of thiazole rings is 1. The van der Waals surface area contributed by atoms with Gasteiger partial charge in [0.2, 0.25) is 0 Å². The molecule has 0 radical (unpaired) electrons. The quantitative estimate of drug-likeness (QED) is 0.201. The van der Waals surface area contributed by atoms with Gasteiger partial charge in [-0.15, -0.1) is 11.3 Å². The third-order valence-corrected chi connectivity index (χ3v) is 8.55. The molecule has 6 nitrogen and oxygen atoms in total. The summed E-state index contributed by atoms with van der Waals surface area (Å²) in [6.45, 7) is 2.68. The summed E-state index contributed by atoms with van der Waals surface area (Å²) in [4.78, 5) is 21.7. The van der Waals surface area contributed by atoms with Crippen molar-refractivity contribution in [2.75, 3.05) is 18.0 Å². The number of anilines is 1. The Bertz CT molecular complexity index is 1680. The maximum absolute atomic E-state index is 13.6. The monoisotopic (exact) mass is 655 g/mol. The van der Waals surface area contributed by atoms with Gasteiger partial charge in [-0.1, -0.05) is 23.7 Å². The van der Waals surface area contributed by atoms with Crippen molar-refractivity contribution in [3.63, 3.8) is 0 Å². The molecule has 14 heteroatoms. The van der Waals surface area contributed by atoms with Crippen LogP contribution < -0.4 is 9.64 Å². The minimum absolute atomic E-state index is 0.0155. The Morgan fingerprint density at radius 2 is 1.75 bits per heavy atom. The number of hydrogen-bond donors (Lipinski definition) is 1. The third-order valence-electron chi connectivity index (χ3n) is 7.36. The van der Waals surface area contributed by atoms with Crippen LogP contribution in [0.2, 0.25) is 5.02 Å². The van der Waals surface area contributed by atoms with Gasteiger partial charge in [0.05, 0.1) is 33.5 Å². The van der Waals surface area contributed by atoms with Crippen molar-refractivity contribution in [2.45, 2.75) is 38.7 Å². The van der Waals surface area contributed by atoms with E-state index in [2.05, 4.69) is 9.97 Å². The lowest BCUT2D eigenvalue weighted by Gasteiger charge is -2.29. The lowest BCUT2D eigenvalue weighted by Crippen LogP contribution is -2.36. The van der Waals surface area contributed by atoms with Gasteiger partial charge in [-0.3, -0.25) is 9.78 Å². The molecular formula is C30H24ClF6N3O3S. The van der Waals surface area contributed by atoms with Gasteiger partial charge in [-0.05, 0) is 61.2 Å². The molecule has 4 aromatic rings. The van der Waals surface area contributed by atoms with Crippen LogP contribution >= 0.6 is 22.9 Å². The number of aromatic nitrogens is 2. The fourth-order valence-corrected chi connectivity index (χ4v) is 6.00. The van der Waals surface area contributed by atoms with Crippen LogP contribution in [-0.2, 0) is 23.8 Å². The summed E-state index contributed by atoms with van der Waals surface area (Å²) in [6.07, 6.45) is -7.57. The number of aryl methyl sites for hydroxylation is 1. The highest BCUT2D eigenvalue weighted by Crippen LogP contribution is 2.40. The zero-order valence-corrected chi connectivity index (χ0v) is 24.5. The molecule has 2 aromatic carbocycles. The number of carbonyl (C=O) groups is 1. The first kappa shape index (κ1) is 31.6. The molecule has 0 spiro atoms. The molecule has 1 aliphatic heterocycles. The van der Waals surface area contributed by atoms with Gasteiger partial charge in [-0.2, -0.15) is 26.3 Å². The summed E-state index contributed by atoms with van der Waals surface area (Å²) in [5, 5.41) is 11.3. The van der Waals surface area contributed by atoms with E-state index in [9.17, 15) is 36.2 Å². The normalized spacial score (nSPS) is 14.6. The van der Waals surface area contributed by atoms with Crippen LogP contribution in [0.4, 0.5) is 31.5 Å². The minimum Gasteiger partial charge on any atom is -0.488 e. The second-order valence-corrected chi connectivity index (χ2v) is 11.5. The third kappa shape index (κ3) is 6.94. The number of alkyl halides is 6. The molecule has 1 aliphatic rings. The Hall–Kier alpha value is -3.84. The Morgan fingerprint density at radius 1 is 1.05 bits per heavy atom. The van der Waals surface area contributed by atoms with E-state index in [1.807, 2.05) is 4.90 Å². The SMILES string of the molecule is Cc1cc(-c2ncc(C(F)(F)F)cc2Cl)ccc1COc1ccc(C(F)(F)F)cc1-c1csc(N2CCC(C(=O)O)CC2)n1. The van der Waals surface area contributed by atoms with Crippen LogP contribution in [0.1, 0.15) is 35.1 Å². The number of nitrogens with zero attached hydrogens (tertiary/aromatic N) is 3. The average molecular weight is 656 g/mol. The molecule has 2 aromatic heterocycles. The topological polar surface area (TPSA) is 75.5 Å². The Labute approximate surface area is 256 Å². The lowest BCUT2D eigenvalue weighted by molar-refractivity contribution is -0.142. The molecular weight excluding hydrogens is 632 g/mol. The molecule has 5 rings (SSSR count). The maximum Gasteiger partial charge on any atom is 0.417 e. The second kappa shape index (κ2) is 12.3. The summed E-state index contributed by atoms with van der Waals surface area (Å²) < 4.78 is 85.8. The fourth-order valence-electron chi connectivity index (χ4n) is 4.85. The number of carboxylic acid groups (broad SMARTS) is 1. The standard InChI is InChI=1S/C30H24ClF6N3O3S/c1-16-10-18(26-23(31)12-21(13-38-26)30(35,36)37)2-3-19(16)14-43-25-5-4-20(29(32,33)34)11-22(25)24-15-44-28(39-24)40-8-6-17(7-9-40)27(41)42/h2-5,10-13,15,17H,6-9,14H2,1H3,(H,41,42). The highest BCUT2D eigenvalue weighted by molar-refractivity contribution is 7.14. The molecule has 232 valence electrons. The van der Waals surface area contributed by atoms with E-state index in [-0.39, 0.29) is 28.6 Å². The zero-order chi connectivity index (χ0) is 31.8. The highest BCUT2D eigenvalue weighted by atomic mass is 35.5. The molecule has 44 heavy (non-hydrogen) atoms. The van der Waals surface area contributed by atoms with Crippen molar-refractivity contribution in [3.05, 3.63) is 81.3 Å². The number of rotatable bonds is 7. The van der Waals surface area contributed by atoms with Crippen LogP contribution in [0.15, 0.2) is 54.0 Å². The predicted molar refractivity (Wildman–Crippen MR) is 154 cm³/mol. The van der Waals surface area contributed by atoms with Crippen LogP contribution in [0.25, 0.3) is 22.5 Å². The number of pyridine rings is 1. The molecule has 1 saturated heterocycles. The van der Waals surface area contributed by atoms with Gasteiger partial charge in [0.15, 0.2) is 5.13 Å². The zero-order valence-electron chi connectivity index (χ0n) is 23.0. The van der Waals surface area contributed by atoms with Crippen LogP contribution in [-0.4, -0.2) is 34.1 Å². The molecule has 1 fully saturated rings. The van der Waals surface area contributed by atoms with E-state index >= 15 is 0 Å². The maximum atomic E-state index is 13.6. The van der Waals surface area contributed by atoms with Gasteiger partial charge < -0.3 is 14.7 Å². The lowest BCUT2D eigenvalue weighted by atomic mass is 9.97. The Balaban J connectivity index is 1.37. The Morgan fingerprint density at radius 3 is 2.36 bits per heavy atom. The molecule has 1 N–H and O–H groups in total. The van der Waals surface area contributed by atoms with Crippen LogP contribution in [0.5, 0.6) is 5.75 Å². The minimum atomic E-state index is -4.59. The van der Waals surface area contributed by atoms with E-state index in [1.165, 1.54) is 17.4 Å². The molecule has 0 saturated carbocycles. The molecule has 0 bridgehead atoms. The predicted octanol–water partition coefficient (Wildman–Crippen LogP) is 8.75. The Kier molecular flexibility index (Phi) is 8.81. The molecule has 0 aliphatic carbocycles. The molecule has 0 amide bonds. The van der Waals surface area contributed by atoms with E-state index in [1.54, 1.807) is 30.5 Å². The smallest absolute Gasteiger partial charge is 0.417 e. The number of hydrogen-bond acceptors (Lipinski definition) is 6. The van der Waals surface area contributed by atoms with Crippen LogP contribution in [0, 0.1) is 12.8 Å². The summed E-state index contributed by atoms with van der Waals surface area (Å²) >= 11 is 7.35. The molecule has 3 heterocycles. The number of benzene rings is 2. The van der Waals surface area contributed by atoms with Crippen molar-refractivity contribution >= 4 is 34.0 Å². The first-order valence-electron chi connectivity index (χ1n) is 13.3. The summed E-state index contributed by atoms with van der Waals surface area (Å²) in [5.41, 5.74) is 0.666. The van der Waals surface area contributed by atoms with Gasteiger partial charge in [-0.25, -0.2) is 4.98 Å². The number of piperidine rings is 1. The number of ether oxygens (including phenoxy) is 1. The van der Waals surface area contributed by atoms with Gasteiger partial charge >= 0.3 is 18.3 Å². The first-order chi connectivity index (χ1) is 20.7. The van der Waals surface area contributed by atoms with Crippen molar-refractivity contribution in [1.82, 2.24) is 9.97 Å². The average Bonchev–Trinajstić information content (AvgIpc) is 3.46.